The Hall–Kier alpha value is -2.40. The van der Waals surface area contributed by atoms with Gasteiger partial charge in [0, 0.05) is 17.7 Å². The molecule has 0 amide bonds. The maximum atomic E-state index is 12.2. The van der Waals surface area contributed by atoms with Crippen LogP contribution in [0.4, 0.5) is 0 Å². The lowest BCUT2D eigenvalue weighted by atomic mass is 10.1. The third kappa shape index (κ3) is 2.23. The summed E-state index contributed by atoms with van der Waals surface area (Å²) in [6.07, 6.45) is 2.17. The van der Waals surface area contributed by atoms with Crippen LogP contribution in [0.3, 0.4) is 0 Å². The molecule has 1 aromatic heterocycles. The van der Waals surface area contributed by atoms with Gasteiger partial charge in [-0.3, -0.25) is 4.79 Å². The first kappa shape index (κ1) is 14.5. The number of allylic oxidation sites excluding steroid dienone is 1. The van der Waals surface area contributed by atoms with Crippen LogP contribution < -0.4 is 14.9 Å². The van der Waals surface area contributed by atoms with Crippen LogP contribution in [-0.2, 0) is 6.42 Å². The number of hydrogen-bond donors (Lipinski definition) is 1. The van der Waals surface area contributed by atoms with E-state index >= 15 is 0 Å². The molecule has 0 saturated carbocycles. The number of hydrogen-bond acceptors (Lipinski definition) is 5. The quantitative estimate of drug-likeness (QED) is 0.940. The van der Waals surface area contributed by atoms with E-state index in [-0.39, 0.29) is 16.9 Å². The van der Waals surface area contributed by atoms with Crippen LogP contribution in [-0.4, -0.2) is 19.3 Å². The topological polar surface area (TPSA) is 68.9 Å². The molecule has 1 aliphatic rings. The third-order valence-corrected chi connectivity index (χ3v) is 3.84. The second-order valence-electron chi connectivity index (χ2n) is 4.76. The number of ether oxygens (including phenoxy) is 2. The second-order valence-corrected chi connectivity index (χ2v) is 5.17. The fourth-order valence-corrected chi connectivity index (χ4v) is 2.62. The molecule has 2 aromatic rings. The molecule has 5 nitrogen and oxygen atoms in total. The summed E-state index contributed by atoms with van der Waals surface area (Å²) in [4.78, 5) is 12.2. The van der Waals surface area contributed by atoms with Gasteiger partial charge >= 0.3 is 0 Å². The largest absolute Gasteiger partial charge is 0.507 e. The van der Waals surface area contributed by atoms with Crippen molar-refractivity contribution in [2.24, 2.45) is 0 Å². The number of aromatic hydroxyl groups is 1. The van der Waals surface area contributed by atoms with Crippen LogP contribution in [0.1, 0.15) is 11.3 Å². The zero-order valence-electron chi connectivity index (χ0n) is 12.0. The normalized spacial score (nSPS) is 12.8. The fourth-order valence-electron chi connectivity index (χ4n) is 2.39. The maximum absolute atomic E-state index is 12.2. The SMILES string of the molecule is COc1cc(O)c(-c2cc(=O)c3c(o2)C(Cl)=CC3)cc1OC. The molecule has 0 fully saturated rings. The monoisotopic (exact) mass is 320 g/mol. The van der Waals surface area contributed by atoms with Gasteiger partial charge in [-0.15, -0.1) is 0 Å². The molecule has 0 saturated heterocycles. The van der Waals surface area contributed by atoms with Crippen LogP contribution in [0, 0.1) is 0 Å². The van der Waals surface area contributed by atoms with Crippen molar-refractivity contribution in [1.29, 1.82) is 0 Å². The molecule has 1 heterocycles. The van der Waals surface area contributed by atoms with Crippen LogP contribution in [0.15, 0.2) is 33.5 Å². The van der Waals surface area contributed by atoms with Gasteiger partial charge in [-0.2, -0.15) is 0 Å². The standard InChI is InChI=1S/C16H13ClO5/c1-20-14-5-9(12(19)7-15(14)21-2)13-6-11(18)8-3-4-10(17)16(8)22-13/h4-7,19H,3H2,1-2H3. The van der Waals surface area contributed by atoms with Gasteiger partial charge in [-0.05, 0) is 12.5 Å². The average Bonchev–Trinajstić information content (AvgIpc) is 2.89. The number of rotatable bonds is 3. The second kappa shape index (κ2) is 5.42. The highest BCUT2D eigenvalue weighted by molar-refractivity contribution is 6.48. The van der Waals surface area contributed by atoms with Gasteiger partial charge in [-0.25, -0.2) is 0 Å². The minimum atomic E-state index is -0.183. The zero-order chi connectivity index (χ0) is 15.9. The number of halogens is 1. The Kier molecular flexibility index (Phi) is 3.58. The molecule has 1 N–H and O–H groups in total. The summed E-state index contributed by atoms with van der Waals surface area (Å²) in [7, 11) is 2.95. The van der Waals surface area contributed by atoms with Crippen LogP contribution >= 0.6 is 11.6 Å². The first-order valence-electron chi connectivity index (χ1n) is 6.53. The summed E-state index contributed by atoms with van der Waals surface area (Å²) < 4.78 is 16.0. The molecule has 0 atom stereocenters. The summed E-state index contributed by atoms with van der Waals surface area (Å²) in [6.45, 7) is 0. The average molecular weight is 321 g/mol. The smallest absolute Gasteiger partial charge is 0.189 e. The molecule has 0 spiro atoms. The predicted octanol–water partition coefficient (Wildman–Crippen LogP) is 3.17. The van der Waals surface area contributed by atoms with E-state index in [0.29, 0.717) is 39.8 Å². The lowest BCUT2D eigenvalue weighted by Crippen LogP contribution is -2.07. The third-order valence-electron chi connectivity index (χ3n) is 3.52. The zero-order valence-corrected chi connectivity index (χ0v) is 12.7. The van der Waals surface area contributed by atoms with Gasteiger partial charge in [0.2, 0.25) is 0 Å². The minimum absolute atomic E-state index is 0.0844. The summed E-state index contributed by atoms with van der Waals surface area (Å²) in [5, 5.41) is 10.6. The van der Waals surface area contributed by atoms with Crippen molar-refractivity contribution in [3.63, 3.8) is 0 Å². The van der Waals surface area contributed by atoms with Crippen molar-refractivity contribution in [2.45, 2.75) is 6.42 Å². The highest BCUT2D eigenvalue weighted by Crippen LogP contribution is 2.40. The predicted molar refractivity (Wildman–Crippen MR) is 82.7 cm³/mol. The number of phenolic OH excluding ortho intramolecular Hbond substituents is 1. The van der Waals surface area contributed by atoms with E-state index in [9.17, 15) is 9.90 Å². The molecular weight excluding hydrogens is 308 g/mol. The van der Waals surface area contributed by atoms with E-state index < -0.39 is 0 Å². The summed E-state index contributed by atoms with van der Waals surface area (Å²) in [5.74, 6) is 1.28. The van der Waals surface area contributed by atoms with Gasteiger partial charge in [0.15, 0.2) is 22.7 Å². The highest BCUT2D eigenvalue weighted by atomic mass is 35.5. The molecule has 0 unspecified atom stereocenters. The molecule has 1 aromatic carbocycles. The first-order valence-corrected chi connectivity index (χ1v) is 6.91. The summed E-state index contributed by atoms with van der Waals surface area (Å²) >= 11 is 6.04. The fraction of sp³-hybridized carbons (Fsp3) is 0.188. The van der Waals surface area contributed by atoms with Gasteiger partial charge in [0.05, 0.1) is 24.8 Å². The van der Waals surface area contributed by atoms with E-state index in [0.717, 1.165) is 0 Å². The van der Waals surface area contributed by atoms with Gasteiger partial charge in [-0.1, -0.05) is 17.7 Å². The van der Waals surface area contributed by atoms with Gasteiger partial charge in [0.25, 0.3) is 0 Å². The highest BCUT2D eigenvalue weighted by Gasteiger charge is 2.22. The molecule has 114 valence electrons. The van der Waals surface area contributed by atoms with Gasteiger partial charge in [0.1, 0.15) is 11.5 Å². The van der Waals surface area contributed by atoms with E-state index in [1.807, 2.05) is 0 Å². The number of fused-ring (bicyclic) bond motifs is 1. The lowest BCUT2D eigenvalue weighted by Gasteiger charge is -2.12. The number of methoxy groups -OCH3 is 2. The van der Waals surface area contributed by atoms with E-state index in [4.69, 9.17) is 25.5 Å². The Balaban J connectivity index is 2.20. The Morgan fingerprint density at radius 2 is 1.86 bits per heavy atom. The molecule has 0 bridgehead atoms. The molecule has 0 radical (unpaired) electrons. The lowest BCUT2D eigenvalue weighted by molar-refractivity contribution is 0.351. The number of benzene rings is 1. The Bertz CT molecular complexity index is 835. The summed E-state index contributed by atoms with van der Waals surface area (Å²) in [6, 6.07) is 4.29. The van der Waals surface area contributed by atoms with Crippen LogP contribution in [0.25, 0.3) is 16.4 Å². The molecule has 3 rings (SSSR count). The van der Waals surface area contributed by atoms with E-state index in [1.165, 1.54) is 26.4 Å². The molecule has 6 heteroatoms. The number of phenols is 1. The Morgan fingerprint density at radius 3 is 2.55 bits per heavy atom. The van der Waals surface area contributed by atoms with E-state index in [1.54, 1.807) is 12.1 Å². The maximum Gasteiger partial charge on any atom is 0.189 e. The van der Waals surface area contributed by atoms with Crippen molar-refractivity contribution >= 4 is 16.6 Å². The van der Waals surface area contributed by atoms with Crippen molar-refractivity contribution in [3.05, 3.63) is 45.8 Å². The van der Waals surface area contributed by atoms with Crippen LogP contribution in [0.2, 0.25) is 0 Å². The van der Waals surface area contributed by atoms with Crippen molar-refractivity contribution in [1.82, 2.24) is 0 Å². The summed E-state index contributed by atoms with van der Waals surface area (Å²) in [5.41, 5.74) is 0.667. The van der Waals surface area contributed by atoms with E-state index in [2.05, 4.69) is 0 Å². The Labute approximate surface area is 131 Å². The molecule has 1 aliphatic carbocycles. The molecule has 0 aliphatic heterocycles. The van der Waals surface area contributed by atoms with Crippen molar-refractivity contribution < 1.29 is 19.0 Å². The first-order chi connectivity index (χ1) is 10.5. The van der Waals surface area contributed by atoms with Crippen LogP contribution in [0.5, 0.6) is 17.2 Å². The minimum Gasteiger partial charge on any atom is -0.507 e. The Morgan fingerprint density at radius 1 is 1.18 bits per heavy atom. The van der Waals surface area contributed by atoms with Crippen molar-refractivity contribution in [3.8, 4) is 28.6 Å². The molecular formula is C16H13ClO5. The van der Waals surface area contributed by atoms with Crippen molar-refractivity contribution in [2.75, 3.05) is 14.2 Å². The van der Waals surface area contributed by atoms with Gasteiger partial charge < -0.3 is 19.0 Å². The molecule has 22 heavy (non-hydrogen) atoms.